The molecule has 1 aliphatic heterocycles. The molecule has 0 radical (unpaired) electrons. The normalized spacial score (nSPS) is 17.7. The molecule has 1 atom stereocenters. The number of amides is 1. The summed E-state index contributed by atoms with van der Waals surface area (Å²) in [7, 11) is 0. The van der Waals surface area contributed by atoms with Crippen molar-refractivity contribution in [3.63, 3.8) is 0 Å². The Hall–Kier alpha value is -1.93. The van der Waals surface area contributed by atoms with E-state index in [0.29, 0.717) is 23.7 Å². The van der Waals surface area contributed by atoms with E-state index in [1.54, 1.807) is 17.9 Å². The number of benzene rings is 1. The molecule has 1 fully saturated rings. The van der Waals surface area contributed by atoms with Crippen molar-refractivity contribution >= 4 is 17.2 Å². The molecule has 1 aromatic carbocycles. The van der Waals surface area contributed by atoms with E-state index in [1.165, 1.54) is 12.1 Å². The minimum Gasteiger partial charge on any atom is -0.336 e. The number of nitrogens with one attached hydrogen (secondary N) is 1. The SMILES string of the molecule is CCNC1CCN(C(=O)c2sc(-c3ccccc3C(F)(F)F)nc2C)C1. The molecule has 1 aliphatic rings. The van der Waals surface area contributed by atoms with Crippen LogP contribution in [0.3, 0.4) is 0 Å². The van der Waals surface area contributed by atoms with Gasteiger partial charge in [-0.25, -0.2) is 4.98 Å². The van der Waals surface area contributed by atoms with Crippen LogP contribution >= 0.6 is 11.3 Å². The summed E-state index contributed by atoms with van der Waals surface area (Å²) in [5, 5.41) is 3.54. The minimum atomic E-state index is -4.46. The van der Waals surface area contributed by atoms with Gasteiger partial charge in [0.15, 0.2) is 0 Å². The van der Waals surface area contributed by atoms with Gasteiger partial charge in [-0.1, -0.05) is 25.1 Å². The highest BCUT2D eigenvalue weighted by molar-refractivity contribution is 7.17. The Morgan fingerprint density at radius 1 is 1.38 bits per heavy atom. The van der Waals surface area contributed by atoms with Crippen LogP contribution in [0.5, 0.6) is 0 Å². The Morgan fingerprint density at radius 3 is 2.81 bits per heavy atom. The molecule has 8 heteroatoms. The van der Waals surface area contributed by atoms with Gasteiger partial charge >= 0.3 is 6.18 Å². The van der Waals surface area contributed by atoms with Crippen LogP contribution in [0.4, 0.5) is 13.2 Å². The van der Waals surface area contributed by atoms with E-state index < -0.39 is 11.7 Å². The fourth-order valence-corrected chi connectivity index (χ4v) is 4.24. The van der Waals surface area contributed by atoms with Crippen LogP contribution < -0.4 is 5.32 Å². The number of carbonyl (C=O) groups excluding carboxylic acids is 1. The number of hydrogen-bond donors (Lipinski definition) is 1. The monoisotopic (exact) mass is 383 g/mol. The number of aryl methyl sites for hydroxylation is 1. The summed E-state index contributed by atoms with van der Waals surface area (Å²) < 4.78 is 39.8. The maximum absolute atomic E-state index is 13.3. The summed E-state index contributed by atoms with van der Waals surface area (Å²) in [6.07, 6.45) is -3.59. The van der Waals surface area contributed by atoms with Crippen LogP contribution in [0.1, 0.15) is 34.3 Å². The Labute approximate surface area is 154 Å². The zero-order valence-corrected chi connectivity index (χ0v) is 15.4. The number of rotatable bonds is 4. The molecule has 26 heavy (non-hydrogen) atoms. The number of hydrogen-bond acceptors (Lipinski definition) is 4. The lowest BCUT2D eigenvalue weighted by atomic mass is 10.1. The molecule has 1 aromatic heterocycles. The summed E-state index contributed by atoms with van der Waals surface area (Å²) in [5.74, 6) is -0.156. The average molecular weight is 383 g/mol. The molecule has 1 N–H and O–H groups in total. The smallest absolute Gasteiger partial charge is 0.336 e. The summed E-state index contributed by atoms with van der Waals surface area (Å²) in [4.78, 5) is 19.2. The number of nitrogens with zero attached hydrogens (tertiary/aromatic N) is 2. The van der Waals surface area contributed by atoms with Gasteiger partial charge in [-0.15, -0.1) is 11.3 Å². The third-order valence-corrected chi connectivity index (χ3v) is 5.60. The second-order valence-electron chi connectivity index (χ2n) is 6.27. The molecule has 3 rings (SSSR count). The molecule has 1 saturated heterocycles. The fourth-order valence-electron chi connectivity index (χ4n) is 3.17. The number of alkyl halides is 3. The first-order valence-corrected chi connectivity index (χ1v) is 9.29. The number of halogens is 3. The van der Waals surface area contributed by atoms with E-state index >= 15 is 0 Å². The van der Waals surface area contributed by atoms with E-state index in [2.05, 4.69) is 10.3 Å². The number of likely N-dealkylation sites (tertiary alicyclic amines) is 1. The van der Waals surface area contributed by atoms with Crippen LogP contribution in [0.15, 0.2) is 24.3 Å². The molecule has 0 bridgehead atoms. The number of aromatic nitrogens is 1. The first kappa shape index (κ1) is 18.8. The van der Waals surface area contributed by atoms with Crippen LogP contribution in [0, 0.1) is 6.92 Å². The van der Waals surface area contributed by atoms with E-state index in [0.717, 1.165) is 30.4 Å². The first-order valence-electron chi connectivity index (χ1n) is 8.48. The van der Waals surface area contributed by atoms with Gasteiger partial charge in [0.25, 0.3) is 5.91 Å². The van der Waals surface area contributed by atoms with Gasteiger partial charge in [-0.3, -0.25) is 4.79 Å². The number of carbonyl (C=O) groups is 1. The van der Waals surface area contributed by atoms with Gasteiger partial charge in [0, 0.05) is 24.7 Å². The number of likely N-dealkylation sites (N-methyl/N-ethyl adjacent to an activating group) is 1. The van der Waals surface area contributed by atoms with Crippen molar-refractivity contribution in [1.82, 2.24) is 15.2 Å². The molecule has 4 nitrogen and oxygen atoms in total. The van der Waals surface area contributed by atoms with Crippen molar-refractivity contribution in [3.8, 4) is 10.6 Å². The lowest BCUT2D eigenvalue weighted by Crippen LogP contribution is -2.34. The largest absolute Gasteiger partial charge is 0.417 e. The van der Waals surface area contributed by atoms with Crippen molar-refractivity contribution in [2.24, 2.45) is 0 Å². The quantitative estimate of drug-likeness (QED) is 0.869. The van der Waals surface area contributed by atoms with E-state index in [4.69, 9.17) is 0 Å². The molecule has 2 aromatic rings. The summed E-state index contributed by atoms with van der Waals surface area (Å²) in [6.45, 7) is 5.77. The van der Waals surface area contributed by atoms with Crippen molar-refractivity contribution < 1.29 is 18.0 Å². The van der Waals surface area contributed by atoms with Gasteiger partial charge in [0.05, 0.1) is 11.3 Å². The lowest BCUT2D eigenvalue weighted by Gasteiger charge is -2.16. The molecule has 0 saturated carbocycles. The van der Waals surface area contributed by atoms with Crippen molar-refractivity contribution in [3.05, 3.63) is 40.4 Å². The molecule has 0 spiro atoms. The van der Waals surface area contributed by atoms with Crippen molar-refractivity contribution in [1.29, 1.82) is 0 Å². The predicted octanol–water partition coefficient (Wildman–Crippen LogP) is 3.96. The van der Waals surface area contributed by atoms with Gasteiger partial charge in [-0.05, 0) is 26.0 Å². The molecule has 1 unspecified atom stereocenters. The van der Waals surface area contributed by atoms with E-state index in [9.17, 15) is 18.0 Å². The first-order chi connectivity index (χ1) is 12.3. The molecule has 1 amide bonds. The lowest BCUT2D eigenvalue weighted by molar-refractivity contribution is -0.137. The standard InChI is InChI=1S/C18H20F3N3OS/c1-3-22-12-8-9-24(10-12)17(25)15-11(2)23-16(26-15)13-6-4-5-7-14(13)18(19,20)21/h4-7,12,22H,3,8-10H2,1-2H3. The molecule has 140 valence electrons. The van der Waals surface area contributed by atoms with Crippen molar-refractivity contribution in [2.45, 2.75) is 32.5 Å². The zero-order valence-electron chi connectivity index (χ0n) is 14.6. The highest BCUT2D eigenvalue weighted by Gasteiger charge is 2.35. The summed E-state index contributed by atoms with van der Waals surface area (Å²) >= 11 is 1.03. The molecule has 2 heterocycles. The van der Waals surface area contributed by atoms with Gasteiger partial charge < -0.3 is 10.2 Å². The van der Waals surface area contributed by atoms with Crippen LogP contribution in [0.2, 0.25) is 0 Å². The van der Waals surface area contributed by atoms with Gasteiger partial charge in [0.2, 0.25) is 0 Å². The predicted molar refractivity (Wildman–Crippen MR) is 95.3 cm³/mol. The highest BCUT2D eigenvalue weighted by Crippen LogP contribution is 2.39. The molecular formula is C18H20F3N3OS. The van der Waals surface area contributed by atoms with Crippen LogP contribution in [-0.4, -0.2) is 41.5 Å². The van der Waals surface area contributed by atoms with E-state index in [-0.39, 0.29) is 22.5 Å². The second-order valence-corrected chi connectivity index (χ2v) is 7.27. The Kier molecular flexibility index (Phi) is 5.34. The molecular weight excluding hydrogens is 363 g/mol. The highest BCUT2D eigenvalue weighted by atomic mass is 32.1. The third-order valence-electron chi connectivity index (χ3n) is 4.42. The maximum Gasteiger partial charge on any atom is 0.417 e. The zero-order chi connectivity index (χ0) is 18.9. The average Bonchev–Trinajstić information content (AvgIpc) is 3.21. The van der Waals surface area contributed by atoms with Crippen LogP contribution in [-0.2, 0) is 6.18 Å². The van der Waals surface area contributed by atoms with Crippen molar-refractivity contribution in [2.75, 3.05) is 19.6 Å². The summed E-state index contributed by atoms with van der Waals surface area (Å²) in [6, 6.07) is 5.60. The van der Waals surface area contributed by atoms with Crippen LogP contribution in [0.25, 0.3) is 10.6 Å². The van der Waals surface area contributed by atoms with Gasteiger partial charge in [-0.2, -0.15) is 13.2 Å². The third kappa shape index (κ3) is 3.76. The molecule has 0 aliphatic carbocycles. The van der Waals surface area contributed by atoms with Gasteiger partial charge in [0.1, 0.15) is 9.88 Å². The Bertz CT molecular complexity index is 803. The van der Waals surface area contributed by atoms with E-state index in [1.807, 2.05) is 6.92 Å². The topological polar surface area (TPSA) is 45.2 Å². The minimum absolute atomic E-state index is 0.0131. The number of thiazole rings is 1. The Balaban J connectivity index is 1.88. The maximum atomic E-state index is 13.3. The second kappa shape index (κ2) is 7.36. The Morgan fingerprint density at radius 2 is 2.12 bits per heavy atom. The summed E-state index contributed by atoms with van der Waals surface area (Å²) in [5.41, 5.74) is -0.251. The fraction of sp³-hybridized carbons (Fsp3) is 0.444.